The minimum absolute atomic E-state index is 0.0156. The first-order chi connectivity index (χ1) is 13.5. The van der Waals surface area contributed by atoms with E-state index in [1.165, 1.54) is 0 Å². The molecule has 0 saturated heterocycles. The number of fused-ring (bicyclic) bond motifs is 2. The normalized spacial score (nSPS) is 14.8. The number of rotatable bonds is 6. The maximum atomic E-state index is 12.9. The average Bonchev–Trinajstić information content (AvgIpc) is 3.33. The van der Waals surface area contributed by atoms with Gasteiger partial charge >= 0.3 is 0 Å². The minimum Gasteiger partial charge on any atom is -0.454 e. The Morgan fingerprint density at radius 3 is 2.82 bits per heavy atom. The van der Waals surface area contributed by atoms with Crippen LogP contribution < -0.4 is 15.2 Å². The van der Waals surface area contributed by atoms with Crippen LogP contribution in [-0.4, -0.2) is 41.7 Å². The van der Waals surface area contributed by atoms with Crippen LogP contribution in [-0.2, 0) is 17.6 Å². The average molecular weight is 379 g/mol. The summed E-state index contributed by atoms with van der Waals surface area (Å²) in [5.74, 6) is 1.47. The van der Waals surface area contributed by atoms with Crippen LogP contribution in [0.1, 0.15) is 18.1 Å². The predicted molar refractivity (Wildman–Crippen MR) is 108 cm³/mol. The SMILES string of the molecule is CC(Cc1ccc2c(c1)OCO2)N(C)C(=O)C(N)Cc1c[nH]c2ccccc12. The molecule has 2 unspecified atom stereocenters. The summed E-state index contributed by atoms with van der Waals surface area (Å²) in [5, 5.41) is 1.11. The lowest BCUT2D eigenvalue weighted by Crippen LogP contribution is -2.47. The Balaban J connectivity index is 1.40. The summed E-state index contributed by atoms with van der Waals surface area (Å²) in [5.41, 5.74) is 9.48. The Morgan fingerprint density at radius 2 is 1.96 bits per heavy atom. The number of aromatic nitrogens is 1. The second kappa shape index (κ2) is 7.56. The van der Waals surface area contributed by atoms with E-state index in [4.69, 9.17) is 15.2 Å². The lowest BCUT2D eigenvalue weighted by molar-refractivity contribution is -0.133. The lowest BCUT2D eigenvalue weighted by Gasteiger charge is -2.28. The lowest BCUT2D eigenvalue weighted by atomic mass is 10.0. The van der Waals surface area contributed by atoms with E-state index in [2.05, 4.69) is 4.98 Å². The number of carbonyl (C=O) groups excluding carboxylic acids is 1. The molecule has 0 radical (unpaired) electrons. The monoisotopic (exact) mass is 379 g/mol. The van der Waals surface area contributed by atoms with Crippen molar-refractivity contribution in [2.45, 2.75) is 31.8 Å². The van der Waals surface area contributed by atoms with Gasteiger partial charge in [0.05, 0.1) is 6.04 Å². The van der Waals surface area contributed by atoms with Crippen LogP contribution in [0.25, 0.3) is 10.9 Å². The second-order valence-corrected chi connectivity index (χ2v) is 7.36. The number of ether oxygens (including phenoxy) is 2. The summed E-state index contributed by atoms with van der Waals surface area (Å²) >= 11 is 0. The number of H-pyrrole nitrogens is 1. The zero-order valence-electron chi connectivity index (χ0n) is 16.1. The third-order valence-corrected chi connectivity index (χ3v) is 5.41. The van der Waals surface area contributed by atoms with Crippen LogP contribution in [0.2, 0.25) is 0 Å². The molecule has 0 aliphatic carbocycles. The molecule has 2 atom stereocenters. The van der Waals surface area contributed by atoms with Crippen molar-refractivity contribution in [2.24, 2.45) is 5.73 Å². The fourth-order valence-electron chi connectivity index (χ4n) is 3.65. The molecule has 0 fully saturated rings. The summed E-state index contributed by atoms with van der Waals surface area (Å²) in [4.78, 5) is 17.8. The number of nitrogens with one attached hydrogen (secondary N) is 1. The second-order valence-electron chi connectivity index (χ2n) is 7.36. The van der Waals surface area contributed by atoms with Crippen molar-refractivity contribution < 1.29 is 14.3 Å². The van der Waals surface area contributed by atoms with Crippen molar-refractivity contribution >= 4 is 16.8 Å². The van der Waals surface area contributed by atoms with Crippen LogP contribution in [0.4, 0.5) is 0 Å². The third kappa shape index (κ3) is 3.55. The summed E-state index contributed by atoms with van der Waals surface area (Å²) in [6, 6.07) is 13.4. The van der Waals surface area contributed by atoms with Gasteiger partial charge in [0.2, 0.25) is 12.7 Å². The zero-order valence-corrected chi connectivity index (χ0v) is 16.1. The van der Waals surface area contributed by atoms with Crippen molar-refractivity contribution in [1.29, 1.82) is 0 Å². The molecule has 2 aromatic carbocycles. The Hall–Kier alpha value is -2.99. The number of likely N-dealkylation sites (N-methyl/N-ethyl adjacent to an activating group) is 1. The highest BCUT2D eigenvalue weighted by atomic mass is 16.7. The predicted octanol–water partition coefficient (Wildman–Crippen LogP) is 2.86. The zero-order chi connectivity index (χ0) is 19.7. The quantitative estimate of drug-likeness (QED) is 0.690. The van der Waals surface area contributed by atoms with Gasteiger partial charge in [0.25, 0.3) is 0 Å². The third-order valence-electron chi connectivity index (χ3n) is 5.41. The van der Waals surface area contributed by atoms with E-state index in [-0.39, 0.29) is 18.7 Å². The summed E-state index contributed by atoms with van der Waals surface area (Å²) < 4.78 is 10.8. The molecule has 3 aromatic rings. The van der Waals surface area contributed by atoms with Crippen molar-refractivity contribution in [3.8, 4) is 11.5 Å². The van der Waals surface area contributed by atoms with Crippen molar-refractivity contribution in [2.75, 3.05) is 13.8 Å². The van der Waals surface area contributed by atoms with Gasteiger partial charge in [-0.3, -0.25) is 4.79 Å². The molecule has 1 aliphatic heterocycles. The number of nitrogens with two attached hydrogens (primary N) is 1. The Labute approximate surface area is 164 Å². The molecule has 6 nitrogen and oxygen atoms in total. The number of aromatic amines is 1. The topological polar surface area (TPSA) is 80.6 Å². The van der Waals surface area contributed by atoms with Gasteiger partial charge in [0.15, 0.2) is 11.5 Å². The number of benzene rings is 2. The molecule has 2 heterocycles. The first kappa shape index (κ1) is 18.4. The van der Waals surface area contributed by atoms with Crippen LogP contribution in [0.5, 0.6) is 11.5 Å². The van der Waals surface area contributed by atoms with Crippen molar-refractivity contribution in [3.05, 3.63) is 59.8 Å². The number of carbonyl (C=O) groups is 1. The van der Waals surface area contributed by atoms with E-state index in [1.54, 1.807) is 4.90 Å². The molecule has 6 heteroatoms. The maximum Gasteiger partial charge on any atom is 0.239 e. The van der Waals surface area contributed by atoms with Gasteiger partial charge in [-0.25, -0.2) is 0 Å². The van der Waals surface area contributed by atoms with E-state index in [0.29, 0.717) is 6.42 Å². The maximum absolute atomic E-state index is 12.9. The molecule has 3 N–H and O–H groups in total. The van der Waals surface area contributed by atoms with Gasteiger partial charge < -0.3 is 25.1 Å². The molecule has 1 aliphatic rings. The fourth-order valence-corrected chi connectivity index (χ4v) is 3.65. The minimum atomic E-state index is -0.580. The first-order valence-electron chi connectivity index (χ1n) is 9.48. The Morgan fingerprint density at radius 1 is 1.18 bits per heavy atom. The number of nitrogens with zero attached hydrogens (tertiary/aromatic N) is 1. The van der Waals surface area contributed by atoms with Gasteiger partial charge in [-0.05, 0) is 49.1 Å². The summed E-state index contributed by atoms with van der Waals surface area (Å²) in [6.45, 7) is 2.29. The highest BCUT2D eigenvalue weighted by Crippen LogP contribution is 2.33. The number of hydrogen-bond acceptors (Lipinski definition) is 4. The highest BCUT2D eigenvalue weighted by Gasteiger charge is 2.24. The highest BCUT2D eigenvalue weighted by molar-refractivity contribution is 5.86. The molecule has 0 saturated carbocycles. The van der Waals surface area contributed by atoms with E-state index in [1.807, 2.05) is 62.6 Å². The first-order valence-corrected chi connectivity index (χ1v) is 9.48. The molecule has 1 amide bonds. The van der Waals surface area contributed by atoms with E-state index in [0.717, 1.165) is 39.9 Å². The van der Waals surface area contributed by atoms with E-state index < -0.39 is 6.04 Å². The summed E-state index contributed by atoms with van der Waals surface area (Å²) in [6.07, 6.45) is 3.16. The van der Waals surface area contributed by atoms with Crippen molar-refractivity contribution in [1.82, 2.24) is 9.88 Å². The van der Waals surface area contributed by atoms with Gasteiger partial charge in [-0.15, -0.1) is 0 Å². The molecule has 28 heavy (non-hydrogen) atoms. The van der Waals surface area contributed by atoms with E-state index in [9.17, 15) is 4.79 Å². The van der Waals surface area contributed by atoms with Crippen LogP contribution in [0.3, 0.4) is 0 Å². The largest absolute Gasteiger partial charge is 0.454 e. The van der Waals surface area contributed by atoms with Crippen molar-refractivity contribution in [3.63, 3.8) is 0 Å². The van der Waals surface area contributed by atoms with Gasteiger partial charge in [-0.1, -0.05) is 24.3 Å². The van der Waals surface area contributed by atoms with Gasteiger partial charge in [-0.2, -0.15) is 0 Å². The van der Waals surface area contributed by atoms with E-state index >= 15 is 0 Å². The Bertz CT molecular complexity index is 998. The Kier molecular flexibility index (Phi) is 4.96. The molecule has 1 aromatic heterocycles. The molecular formula is C22H25N3O3. The molecular weight excluding hydrogens is 354 g/mol. The molecule has 0 spiro atoms. The molecule has 146 valence electrons. The van der Waals surface area contributed by atoms with Crippen LogP contribution >= 0.6 is 0 Å². The van der Waals surface area contributed by atoms with Gasteiger partial charge in [0.1, 0.15) is 0 Å². The number of para-hydroxylation sites is 1. The fraction of sp³-hybridized carbons (Fsp3) is 0.318. The molecule has 0 bridgehead atoms. The molecule has 4 rings (SSSR count). The van der Waals surface area contributed by atoms with Crippen LogP contribution in [0, 0.1) is 0 Å². The summed E-state index contributed by atoms with van der Waals surface area (Å²) in [7, 11) is 1.81. The van der Waals surface area contributed by atoms with Gasteiger partial charge in [0, 0.05) is 30.2 Å². The van der Waals surface area contributed by atoms with Crippen LogP contribution in [0.15, 0.2) is 48.7 Å². The standard InChI is InChI=1S/C22H25N3O3/c1-14(9-15-7-8-20-21(10-15)28-13-27-20)25(2)22(26)18(23)11-16-12-24-19-6-4-3-5-17(16)19/h3-8,10,12,14,18,24H,9,11,13,23H2,1-2H3. The smallest absolute Gasteiger partial charge is 0.239 e. The number of hydrogen-bond donors (Lipinski definition) is 2. The number of amides is 1.